The van der Waals surface area contributed by atoms with Crippen LogP contribution in [0.1, 0.15) is 5.56 Å². The van der Waals surface area contributed by atoms with Crippen molar-refractivity contribution in [3.05, 3.63) is 34.6 Å². The van der Waals surface area contributed by atoms with E-state index in [1.54, 1.807) is 6.07 Å². The van der Waals surface area contributed by atoms with Gasteiger partial charge in [0.05, 0.1) is 12.7 Å². The fraction of sp³-hybridized carbons (Fsp3) is 0.538. The first kappa shape index (κ1) is 13.7. The third-order valence-electron chi connectivity index (χ3n) is 2.97. The summed E-state index contributed by atoms with van der Waals surface area (Å²) in [4.78, 5) is 2.10. The molecule has 0 aromatic heterocycles. The van der Waals surface area contributed by atoms with E-state index in [-0.39, 0.29) is 11.9 Å². The van der Waals surface area contributed by atoms with Crippen LogP contribution in [0.2, 0.25) is 5.02 Å². The van der Waals surface area contributed by atoms with Crippen molar-refractivity contribution >= 4 is 11.6 Å². The van der Waals surface area contributed by atoms with Gasteiger partial charge in [-0.15, -0.1) is 0 Å². The van der Waals surface area contributed by atoms with Crippen molar-refractivity contribution < 1.29 is 9.13 Å². The first-order chi connectivity index (χ1) is 8.65. The van der Waals surface area contributed by atoms with E-state index < -0.39 is 0 Å². The van der Waals surface area contributed by atoms with Gasteiger partial charge in [-0.1, -0.05) is 11.6 Å². The van der Waals surface area contributed by atoms with Gasteiger partial charge in [-0.05, 0) is 30.8 Å². The molecule has 0 aliphatic carbocycles. The van der Waals surface area contributed by atoms with Crippen LogP contribution in [-0.2, 0) is 11.3 Å². The maximum atomic E-state index is 13.1. The molecule has 1 heterocycles. The minimum Gasteiger partial charge on any atom is -0.374 e. The number of morpholine rings is 1. The number of rotatable bonds is 4. The number of nitrogens with one attached hydrogen (secondary N) is 1. The predicted octanol–water partition coefficient (Wildman–Crippen LogP) is 1.90. The summed E-state index contributed by atoms with van der Waals surface area (Å²) in [5.41, 5.74) is 0.808. The summed E-state index contributed by atoms with van der Waals surface area (Å²) in [5, 5.41) is 3.89. The lowest BCUT2D eigenvalue weighted by molar-refractivity contribution is 0.00884. The highest BCUT2D eigenvalue weighted by molar-refractivity contribution is 6.31. The lowest BCUT2D eigenvalue weighted by atomic mass is 10.2. The normalized spacial score (nSPS) is 20.3. The van der Waals surface area contributed by atoms with E-state index in [1.165, 1.54) is 12.1 Å². The van der Waals surface area contributed by atoms with Crippen LogP contribution >= 0.6 is 11.6 Å². The van der Waals surface area contributed by atoms with Crippen LogP contribution in [0.25, 0.3) is 0 Å². The Hall–Kier alpha value is -0.680. The molecule has 1 aromatic rings. The second-order valence-corrected chi connectivity index (χ2v) is 5.04. The topological polar surface area (TPSA) is 24.5 Å². The van der Waals surface area contributed by atoms with Gasteiger partial charge in [-0.2, -0.15) is 0 Å². The SMILES string of the molecule is CN(Cc1cc(F)ccc1Cl)CC1CNCCO1. The smallest absolute Gasteiger partial charge is 0.123 e. The van der Waals surface area contributed by atoms with Crippen molar-refractivity contribution in [1.29, 1.82) is 0 Å². The minimum absolute atomic E-state index is 0.191. The van der Waals surface area contributed by atoms with Gasteiger partial charge in [0, 0.05) is 31.2 Å². The van der Waals surface area contributed by atoms with Crippen LogP contribution in [0.4, 0.5) is 4.39 Å². The third kappa shape index (κ3) is 3.92. The third-order valence-corrected chi connectivity index (χ3v) is 3.34. The second kappa shape index (κ2) is 6.48. The quantitative estimate of drug-likeness (QED) is 0.906. The molecular weight excluding hydrogens is 255 g/mol. The average molecular weight is 273 g/mol. The lowest BCUT2D eigenvalue weighted by Crippen LogP contribution is -2.44. The predicted molar refractivity (Wildman–Crippen MR) is 70.4 cm³/mol. The Bertz CT molecular complexity index is 397. The second-order valence-electron chi connectivity index (χ2n) is 4.63. The molecule has 0 bridgehead atoms. The molecule has 0 amide bonds. The highest BCUT2D eigenvalue weighted by atomic mass is 35.5. The molecule has 0 spiro atoms. The van der Waals surface area contributed by atoms with E-state index in [9.17, 15) is 4.39 Å². The molecule has 1 fully saturated rings. The molecule has 2 rings (SSSR count). The van der Waals surface area contributed by atoms with Crippen molar-refractivity contribution in [3.8, 4) is 0 Å². The molecule has 0 radical (unpaired) electrons. The van der Waals surface area contributed by atoms with Gasteiger partial charge in [0.25, 0.3) is 0 Å². The van der Waals surface area contributed by atoms with Gasteiger partial charge < -0.3 is 10.1 Å². The first-order valence-corrected chi connectivity index (χ1v) is 6.48. The molecule has 5 heteroatoms. The Kier molecular flexibility index (Phi) is 4.95. The number of halogens is 2. The van der Waals surface area contributed by atoms with Crippen molar-refractivity contribution in [1.82, 2.24) is 10.2 Å². The number of likely N-dealkylation sites (N-methyl/N-ethyl adjacent to an activating group) is 1. The van der Waals surface area contributed by atoms with E-state index >= 15 is 0 Å². The van der Waals surface area contributed by atoms with Crippen LogP contribution in [0, 0.1) is 5.82 Å². The lowest BCUT2D eigenvalue weighted by Gasteiger charge is -2.28. The largest absolute Gasteiger partial charge is 0.374 e. The fourth-order valence-corrected chi connectivity index (χ4v) is 2.28. The zero-order chi connectivity index (χ0) is 13.0. The highest BCUT2D eigenvalue weighted by Crippen LogP contribution is 2.18. The fourth-order valence-electron chi connectivity index (χ4n) is 2.10. The van der Waals surface area contributed by atoms with Crippen LogP contribution in [0.3, 0.4) is 0 Å². The summed E-state index contributed by atoms with van der Waals surface area (Å²) >= 11 is 6.05. The molecule has 100 valence electrons. The van der Waals surface area contributed by atoms with Gasteiger partial charge in [-0.3, -0.25) is 4.90 Å². The Morgan fingerprint density at radius 3 is 3.11 bits per heavy atom. The van der Waals surface area contributed by atoms with Crippen molar-refractivity contribution in [2.24, 2.45) is 0 Å². The summed E-state index contributed by atoms with van der Waals surface area (Å²) in [6.45, 7) is 3.95. The van der Waals surface area contributed by atoms with E-state index in [1.807, 2.05) is 7.05 Å². The van der Waals surface area contributed by atoms with Gasteiger partial charge >= 0.3 is 0 Å². The number of hydrogen-bond acceptors (Lipinski definition) is 3. The number of hydrogen-bond donors (Lipinski definition) is 1. The van der Waals surface area contributed by atoms with Crippen molar-refractivity contribution in [2.75, 3.05) is 33.3 Å². The molecule has 1 aliphatic rings. The van der Waals surface area contributed by atoms with E-state index in [2.05, 4.69) is 10.2 Å². The Morgan fingerprint density at radius 1 is 1.56 bits per heavy atom. The molecule has 1 unspecified atom stereocenters. The number of ether oxygens (including phenoxy) is 1. The van der Waals surface area contributed by atoms with Crippen LogP contribution in [0.5, 0.6) is 0 Å². The van der Waals surface area contributed by atoms with Crippen molar-refractivity contribution in [2.45, 2.75) is 12.6 Å². The Labute approximate surface area is 112 Å². The summed E-state index contributed by atoms with van der Waals surface area (Å²) in [5.74, 6) is -0.251. The zero-order valence-electron chi connectivity index (χ0n) is 10.5. The summed E-state index contributed by atoms with van der Waals surface area (Å²) < 4.78 is 18.8. The number of benzene rings is 1. The summed E-state index contributed by atoms with van der Waals surface area (Å²) in [6, 6.07) is 4.46. The standard InChI is InChI=1S/C13H18ClFN2O/c1-17(9-12-7-16-4-5-18-12)8-10-6-11(15)2-3-13(10)14/h2-3,6,12,16H,4-5,7-9H2,1H3. The molecule has 1 saturated heterocycles. The highest BCUT2D eigenvalue weighted by Gasteiger charge is 2.16. The number of nitrogens with zero attached hydrogens (tertiary/aromatic N) is 1. The van der Waals surface area contributed by atoms with E-state index in [4.69, 9.17) is 16.3 Å². The summed E-state index contributed by atoms with van der Waals surface area (Å²) in [6.07, 6.45) is 0.191. The maximum Gasteiger partial charge on any atom is 0.123 e. The maximum absolute atomic E-state index is 13.1. The molecule has 1 N–H and O–H groups in total. The molecule has 1 aromatic carbocycles. The Balaban J connectivity index is 1.89. The van der Waals surface area contributed by atoms with Gasteiger partial charge in [0.2, 0.25) is 0 Å². The van der Waals surface area contributed by atoms with E-state index in [0.29, 0.717) is 11.6 Å². The zero-order valence-corrected chi connectivity index (χ0v) is 11.2. The molecule has 3 nitrogen and oxygen atoms in total. The Morgan fingerprint density at radius 2 is 2.39 bits per heavy atom. The molecule has 1 aliphatic heterocycles. The van der Waals surface area contributed by atoms with E-state index in [0.717, 1.165) is 31.8 Å². The monoisotopic (exact) mass is 272 g/mol. The molecule has 18 heavy (non-hydrogen) atoms. The minimum atomic E-state index is -0.251. The molecule has 1 atom stereocenters. The van der Waals surface area contributed by atoms with Crippen LogP contribution < -0.4 is 5.32 Å². The molecule has 0 saturated carbocycles. The van der Waals surface area contributed by atoms with Crippen LogP contribution in [0.15, 0.2) is 18.2 Å². The molecular formula is C13H18ClFN2O. The van der Waals surface area contributed by atoms with Crippen LogP contribution in [-0.4, -0.2) is 44.3 Å². The average Bonchev–Trinajstić information content (AvgIpc) is 2.35. The summed E-state index contributed by atoms with van der Waals surface area (Å²) in [7, 11) is 1.99. The first-order valence-electron chi connectivity index (χ1n) is 6.10. The van der Waals surface area contributed by atoms with Gasteiger partial charge in [0.15, 0.2) is 0 Å². The van der Waals surface area contributed by atoms with Crippen molar-refractivity contribution in [3.63, 3.8) is 0 Å². The van der Waals surface area contributed by atoms with Gasteiger partial charge in [0.1, 0.15) is 5.82 Å². The van der Waals surface area contributed by atoms with Gasteiger partial charge in [-0.25, -0.2) is 4.39 Å².